The van der Waals surface area contributed by atoms with Crippen LogP contribution >= 0.6 is 11.6 Å². The number of halogens is 1. The van der Waals surface area contributed by atoms with Gasteiger partial charge in [-0.15, -0.1) is 5.10 Å². The van der Waals surface area contributed by atoms with Crippen LogP contribution in [-0.2, 0) is 26.3 Å². The van der Waals surface area contributed by atoms with E-state index < -0.39 is 40.2 Å². The highest BCUT2D eigenvalue weighted by Gasteiger charge is 2.27. The number of H-pyrrole nitrogens is 1. The average molecular weight is 744 g/mol. The summed E-state index contributed by atoms with van der Waals surface area (Å²) < 4.78 is 36.9. The number of anilines is 3. The number of benzene rings is 4. The van der Waals surface area contributed by atoms with Crippen molar-refractivity contribution < 1.29 is 32.5 Å². The van der Waals surface area contributed by atoms with Crippen LogP contribution in [0.15, 0.2) is 97.3 Å². The second kappa shape index (κ2) is 14.6. The molecule has 266 valence electrons. The van der Waals surface area contributed by atoms with E-state index in [-0.39, 0.29) is 34.2 Å². The number of nitrogens with one attached hydrogen (secondary N) is 3. The van der Waals surface area contributed by atoms with E-state index in [0.717, 1.165) is 9.87 Å². The molecule has 2 atom stereocenters. The fourth-order valence-corrected chi connectivity index (χ4v) is 6.53. The number of aryl methyl sites for hydroxylation is 1. The Morgan fingerprint density at radius 3 is 2.29 bits per heavy atom. The minimum absolute atomic E-state index is 0.0195. The van der Waals surface area contributed by atoms with Gasteiger partial charge in [0.2, 0.25) is 0 Å². The Hall–Kier alpha value is -6.14. The number of nitrogens with zero attached hydrogens (tertiary/aromatic N) is 5. The Kier molecular flexibility index (Phi) is 10.0. The number of carbonyl (C=O) groups excluding carboxylic acids is 2. The van der Waals surface area contributed by atoms with Gasteiger partial charge in [-0.25, -0.2) is 9.10 Å². The molecule has 4 aromatic carbocycles. The zero-order chi connectivity index (χ0) is 37.2. The van der Waals surface area contributed by atoms with Gasteiger partial charge in [0.05, 0.1) is 34.8 Å². The average Bonchev–Trinajstić information content (AvgIpc) is 3.79. The van der Waals surface area contributed by atoms with E-state index in [1.54, 1.807) is 66.7 Å². The third-order valence-corrected chi connectivity index (χ3v) is 9.26. The summed E-state index contributed by atoms with van der Waals surface area (Å²) >= 11 is 6.17. The van der Waals surface area contributed by atoms with Gasteiger partial charge in [-0.2, -0.15) is 13.1 Å². The predicted molar refractivity (Wildman–Crippen MR) is 192 cm³/mol. The molecule has 6 aromatic rings. The van der Waals surface area contributed by atoms with E-state index >= 15 is 0 Å². The fraction of sp³-hybridized carbons (Fsp3) is 0.118. The van der Waals surface area contributed by atoms with Crippen LogP contribution in [-0.4, -0.2) is 67.1 Å². The first-order chi connectivity index (χ1) is 24.8. The summed E-state index contributed by atoms with van der Waals surface area (Å²) in [6, 6.07) is 21.9. The highest BCUT2D eigenvalue weighted by Crippen LogP contribution is 2.30. The van der Waals surface area contributed by atoms with Gasteiger partial charge < -0.3 is 26.5 Å². The first-order valence-electron chi connectivity index (χ1n) is 15.5. The SMILES string of the molecule is Cc1ccc(N(c2ccc(C[C@H](NC(=O)C(=O)Nc3cc(Cl)ccc3-n3cnnn3)[C@@H](N)c3ccc4[nH]c(C(=O)O)cc4c3)cc2)S(=O)(=O)O)cc1. The highest BCUT2D eigenvalue weighted by atomic mass is 35.5. The van der Waals surface area contributed by atoms with Crippen LogP contribution in [0.4, 0.5) is 17.1 Å². The van der Waals surface area contributed by atoms with Gasteiger partial charge in [0, 0.05) is 15.9 Å². The first-order valence-corrected chi connectivity index (χ1v) is 17.2. The summed E-state index contributed by atoms with van der Waals surface area (Å²) in [6.45, 7) is 1.84. The summed E-state index contributed by atoms with van der Waals surface area (Å²) in [6.07, 6.45) is 1.37. The van der Waals surface area contributed by atoms with E-state index in [4.69, 9.17) is 17.3 Å². The Morgan fingerprint density at radius 1 is 0.962 bits per heavy atom. The van der Waals surface area contributed by atoms with E-state index in [1.165, 1.54) is 35.3 Å². The van der Waals surface area contributed by atoms with Gasteiger partial charge in [0.25, 0.3) is 0 Å². The molecule has 0 saturated carbocycles. The molecule has 0 unspecified atom stereocenters. The Bertz CT molecular complexity index is 2380. The molecule has 2 amide bonds. The number of fused-ring (bicyclic) bond motifs is 1. The number of aromatic nitrogens is 5. The molecule has 0 spiro atoms. The lowest BCUT2D eigenvalue weighted by molar-refractivity contribution is -0.136. The van der Waals surface area contributed by atoms with Crippen molar-refractivity contribution in [3.05, 3.63) is 125 Å². The molecular formula is C34H30ClN9O7S. The topological polar surface area (TPSA) is 239 Å². The molecule has 0 radical (unpaired) electrons. The van der Waals surface area contributed by atoms with Gasteiger partial charge in [0.1, 0.15) is 12.0 Å². The van der Waals surface area contributed by atoms with Crippen molar-refractivity contribution in [2.75, 3.05) is 9.62 Å². The largest absolute Gasteiger partial charge is 0.477 e. The fourth-order valence-electron chi connectivity index (χ4n) is 5.58. The maximum Gasteiger partial charge on any atom is 0.364 e. The highest BCUT2D eigenvalue weighted by molar-refractivity contribution is 7.87. The zero-order valence-electron chi connectivity index (χ0n) is 27.1. The second-order valence-electron chi connectivity index (χ2n) is 11.8. The number of aromatic amines is 1. The van der Waals surface area contributed by atoms with Crippen LogP contribution in [0, 0.1) is 6.92 Å². The van der Waals surface area contributed by atoms with Crippen LogP contribution < -0.4 is 20.7 Å². The maximum absolute atomic E-state index is 13.5. The monoisotopic (exact) mass is 743 g/mol. The second-order valence-corrected chi connectivity index (χ2v) is 13.5. The molecule has 18 heteroatoms. The molecule has 0 aliphatic rings. The van der Waals surface area contributed by atoms with Crippen LogP contribution in [0.1, 0.15) is 33.2 Å². The third kappa shape index (κ3) is 7.92. The number of nitrogens with two attached hydrogens (primary N) is 1. The zero-order valence-corrected chi connectivity index (χ0v) is 28.7. The molecule has 0 aliphatic carbocycles. The van der Waals surface area contributed by atoms with Gasteiger partial charge in [0.15, 0.2) is 0 Å². The van der Waals surface area contributed by atoms with Crippen molar-refractivity contribution in [2.24, 2.45) is 5.73 Å². The number of carboxylic acid groups (broad SMARTS) is 1. The normalized spacial score (nSPS) is 12.6. The molecule has 0 fully saturated rings. The van der Waals surface area contributed by atoms with Crippen molar-refractivity contribution in [3.8, 4) is 5.69 Å². The number of aromatic carboxylic acids is 1. The molecule has 6 rings (SSSR count). The van der Waals surface area contributed by atoms with Gasteiger partial charge in [-0.3, -0.25) is 14.1 Å². The van der Waals surface area contributed by atoms with Gasteiger partial charge >= 0.3 is 28.1 Å². The van der Waals surface area contributed by atoms with Gasteiger partial charge in [-0.1, -0.05) is 47.5 Å². The van der Waals surface area contributed by atoms with Crippen molar-refractivity contribution >= 4 is 67.7 Å². The number of carboxylic acids is 1. The predicted octanol–water partition coefficient (Wildman–Crippen LogP) is 4.11. The lowest BCUT2D eigenvalue weighted by atomic mass is 9.93. The van der Waals surface area contributed by atoms with E-state index in [2.05, 4.69) is 31.1 Å². The maximum atomic E-state index is 13.5. The van der Waals surface area contributed by atoms with E-state index in [9.17, 15) is 32.5 Å². The van der Waals surface area contributed by atoms with Crippen molar-refractivity contribution in [2.45, 2.75) is 25.4 Å². The van der Waals surface area contributed by atoms with Gasteiger partial charge in [-0.05, 0) is 95.6 Å². The minimum atomic E-state index is -4.71. The standard InChI is InChI=1S/C34H30ClN9O7S/c1-19-2-8-24(9-3-19)44(52(49,50)51)25-10-4-20(5-11-25)14-28(31(36)21-6-12-26-22(15-21)16-29(38-26)34(47)48)40-33(46)32(45)39-27-17-23(35)7-13-30(27)43-18-37-41-42-43/h2-13,15-18,28,31,38H,14,36H2,1H3,(H,39,45)(H,40,46)(H,47,48)(H,49,50,51)/t28-,31-/m0/s1. The quantitative estimate of drug-likeness (QED) is 0.0815. The number of rotatable bonds is 11. The van der Waals surface area contributed by atoms with Crippen molar-refractivity contribution in [1.82, 2.24) is 30.5 Å². The smallest absolute Gasteiger partial charge is 0.364 e. The molecule has 52 heavy (non-hydrogen) atoms. The first kappa shape index (κ1) is 35.7. The van der Waals surface area contributed by atoms with E-state index in [1.807, 2.05) is 6.92 Å². The Labute approximate surface area is 301 Å². The molecular weight excluding hydrogens is 714 g/mol. The summed E-state index contributed by atoms with van der Waals surface area (Å²) in [4.78, 5) is 41.1. The van der Waals surface area contributed by atoms with E-state index in [0.29, 0.717) is 27.7 Å². The molecule has 16 nitrogen and oxygen atoms in total. The third-order valence-electron chi connectivity index (χ3n) is 8.14. The minimum Gasteiger partial charge on any atom is -0.477 e. The molecule has 0 saturated heterocycles. The van der Waals surface area contributed by atoms with Crippen LogP contribution in [0.3, 0.4) is 0 Å². The lowest BCUT2D eigenvalue weighted by Crippen LogP contribution is -2.48. The molecule has 0 bridgehead atoms. The van der Waals surface area contributed by atoms with Crippen LogP contribution in [0.5, 0.6) is 0 Å². The van der Waals surface area contributed by atoms with Crippen LogP contribution in [0.25, 0.3) is 16.6 Å². The number of amides is 2. The van der Waals surface area contributed by atoms with Crippen LogP contribution in [0.2, 0.25) is 5.02 Å². The lowest BCUT2D eigenvalue weighted by Gasteiger charge is -2.26. The Morgan fingerprint density at radius 2 is 1.65 bits per heavy atom. The summed E-state index contributed by atoms with van der Waals surface area (Å²) in [5, 5.41) is 26.5. The summed E-state index contributed by atoms with van der Waals surface area (Å²) in [5.41, 5.74) is 10.1. The number of hydrogen-bond donors (Lipinski definition) is 6. The molecule has 2 heterocycles. The molecule has 0 aliphatic heterocycles. The van der Waals surface area contributed by atoms with Crippen molar-refractivity contribution in [1.29, 1.82) is 0 Å². The van der Waals surface area contributed by atoms with Crippen molar-refractivity contribution in [3.63, 3.8) is 0 Å². The number of tetrazole rings is 1. The number of hydrogen-bond acceptors (Lipinski definition) is 9. The Balaban J connectivity index is 1.29. The number of carbonyl (C=O) groups is 3. The summed E-state index contributed by atoms with van der Waals surface area (Å²) in [7, 11) is -4.71. The summed E-state index contributed by atoms with van der Waals surface area (Å²) in [5.74, 6) is -3.22. The molecule has 7 N–H and O–H groups in total. The molecule has 2 aromatic heterocycles.